The van der Waals surface area contributed by atoms with Crippen molar-refractivity contribution in [3.05, 3.63) is 35.9 Å². The fraction of sp³-hybridized carbons (Fsp3) is 0.600. The standard InChI is InChI=1S/C15H25NO2/c1-13(2)15(12-17)16(9-10-18-3)11-14-7-5-4-6-8-14/h4-8,13,15,17H,9-12H2,1-3H3. The summed E-state index contributed by atoms with van der Waals surface area (Å²) in [6.07, 6.45) is 0. The molecule has 102 valence electrons. The van der Waals surface area contributed by atoms with Crippen LogP contribution in [0.25, 0.3) is 0 Å². The lowest BCUT2D eigenvalue weighted by atomic mass is 10.0. The quantitative estimate of drug-likeness (QED) is 0.768. The molecule has 0 fully saturated rings. The third-order valence-electron chi connectivity index (χ3n) is 3.24. The SMILES string of the molecule is COCCN(Cc1ccccc1)C(CO)C(C)C. The molecule has 0 aliphatic heterocycles. The van der Waals surface area contributed by atoms with Crippen molar-refractivity contribution in [1.29, 1.82) is 0 Å². The van der Waals surface area contributed by atoms with Crippen LogP contribution < -0.4 is 0 Å². The van der Waals surface area contributed by atoms with Crippen molar-refractivity contribution in [1.82, 2.24) is 4.90 Å². The number of aliphatic hydroxyl groups excluding tert-OH is 1. The lowest BCUT2D eigenvalue weighted by Crippen LogP contribution is -2.42. The van der Waals surface area contributed by atoms with Crippen LogP contribution in [0.2, 0.25) is 0 Å². The van der Waals surface area contributed by atoms with Gasteiger partial charge in [0.1, 0.15) is 0 Å². The second kappa shape index (κ2) is 8.25. The number of aliphatic hydroxyl groups is 1. The number of benzene rings is 1. The van der Waals surface area contributed by atoms with Gasteiger partial charge in [-0.1, -0.05) is 44.2 Å². The molecule has 3 nitrogen and oxygen atoms in total. The zero-order valence-corrected chi connectivity index (χ0v) is 11.7. The molecule has 0 spiro atoms. The maximum Gasteiger partial charge on any atom is 0.0589 e. The third kappa shape index (κ3) is 4.77. The second-order valence-electron chi connectivity index (χ2n) is 4.94. The van der Waals surface area contributed by atoms with Crippen LogP contribution >= 0.6 is 0 Å². The van der Waals surface area contributed by atoms with Crippen LogP contribution in [-0.2, 0) is 11.3 Å². The molecular formula is C15H25NO2. The molecule has 0 saturated carbocycles. The summed E-state index contributed by atoms with van der Waals surface area (Å²) >= 11 is 0. The monoisotopic (exact) mass is 251 g/mol. The van der Waals surface area contributed by atoms with Crippen molar-refractivity contribution in [2.45, 2.75) is 26.4 Å². The Morgan fingerprint density at radius 1 is 1.22 bits per heavy atom. The van der Waals surface area contributed by atoms with Crippen LogP contribution in [0.1, 0.15) is 19.4 Å². The smallest absolute Gasteiger partial charge is 0.0589 e. The van der Waals surface area contributed by atoms with Crippen molar-refractivity contribution in [2.24, 2.45) is 5.92 Å². The molecule has 0 aromatic heterocycles. The van der Waals surface area contributed by atoms with E-state index in [-0.39, 0.29) is 12.6 Å². The zero-order valence-electron chi connectivity index (χ0n) is 11.7. The van der Waals surface area contributed by atoms with Crippen molar-refractivity contribution >= 4 is 0 Å². The van der Waals surface area contributed by atoms with E-state index < -0.39 is 0 Å². The minimum absolute atomic E-state index is 0.181. The minimum atomic E-state index is 0.181. The first kappa shape index (κ1) is 15.2. The van der Waals surface area contributed by atoms with E-state index in [1.807, 2.05) is 18.2 Å². The molecule has 18 heavy (non-hydrogen) atoms. The highest BCUT2D eigenvalue weighted by molar-refractivity contribution is 5.14. The second-order valence-corrected chi connectivity index (χ2v) is 4.94. The van der Waals surface area contributed by atoms with E-state index in [9.17, 15) is 5.11 Å². The van der Waals surface area contributed by atoms with Crippen LogP contribution in [0.5, 0.6) is 0 Å². The first-order chi connectivity index (χ1) is 8.69. The van der Waals surface area contributed by atoms with Gasteiger partial charge in [0, 0.05) is 26.2 Å². The van der Waals surface area contributed by atoms with Crippen molar-refractivity contribution in [2.75, 3.05) is 26.9 Å². The highest BCUT2D eigenvalue weighted by atomic mass is 16.5. The van der Waals surface area contributed by atoms with Gasteiger partial charge in [-0.2, -0.15) is 0 Å². The molecule has 1 unspecified atom stereocenters. The Hall–Kier alpha value is -0.900. The van der Waals surface area contributed by atoms with Gasteiger partial charge >= 0.3 is 0 Å². The molecule has 1 rings (SSSR count). The molecule has 1 aromatic rings. The Balaban J connectivity index is 2.71. The van der Waals surface area contributed by atoms with Gasteiger partial charge < -0.3 is 9.84 Å². The number of hydrogen-bond donors (Lipinski definition) is 1. The van der Waals surface area contributed by atoms with E-state index in [0.29, 0.717) is 12.5 Å². The first-order valence-corrected chi connectivity index (χ1v) is 6.56. The van der Waals surface area contributed by atoms with Gasteiger partial charge in [0.25, 0.3) is 0 Å². The van der Waals surface area contributed by atoms with E-state index >= 15 is 0 Å². The summed E-state index contributed by atoms with van der Waals surface area (Å²) in [6.45, 7) is 6.87. The molecule has 0 bridgehead atoms. The van der Waals surface area contributed by atoms with Crippen LogP contribution in [-0.4, -0.2) is 42.9 Å². The number of hydrogen-bond acceptors (Lipinski definition) is 3. The van der Waals surface area contributed by atoms with Gasteiger partial charge in [0.15, 0.2) is 0 Å². The lowest BCUT2D eigenvalue weighted by molar-refractivity contribution is 0.0587. The number of nitrogens with zero attached hydrogens (tertiary/aromatic N) is 1. The fourth-order valence-electron chi connectivity index (χ4n) is 2.14. The molecule has 1 aromatic carbocycles. The molecule has 0 amide bonds. The van der Waals surface area contributed by atoms with Crippen molar-refractivity contribution in [3.63, 3.8) is 0 Å². The fourth-order valence-corrected chi connectivity index (χ4v) is 2.14. The van der Waals surface area contributed by atoms with Crippen LogP contribution in [0.15, 0.2) is 30.3 Å². The van der Waals surface area contributed by atoms with E-state index in [2.05, 4.69) is 30.9 Å². The summed E-state index contributed by atoms with van der Waals surface area (Å²) in [5.41, 5.74) is 1.27. The Morgan fingerprint density at radius 2 is 1.89 bits per heavy atom. The largest absolute Gasteiger partial charge is 0.395 e. The maximum absolute atomic E-state index is 9.56. The summed E-state index contributed by atoms with van der Waals surface area (Å²) < 4.78 is 5.16. The molecular weight excluding hydrogens is 226 g/mol. The first-order valence-electron chi connectivity index (χ1n) is 6.56. The van der Waals surface area contributed by atoms with Crippen LogP contribution in [0.3, 0.4) is 0 Å². The number of ether oxygens (including phenoxy) is 1. The number of methoxy groups -OCH3 is 1. The van der Waals surface area contributed by atoms with Gasteiger partial charge in [0.2, 0.25) is 0 Å². The molecule has 1 N–H and O–H groups in total. The maximum atomic E-state index is 9.56. The summed E-state index contributed by atoms with van der Waals surface area (Å²) in [5.74, 6) is 0.426. The Labute approximate surface area is 110 Å². The lowest BCUT2D eigenvalue weighted by Gasteiger charge is -2.33. The number of rotatable bonds is 8. The summed E-state index contributed by atoms with van der Waals surface area (Å²) in [4.78, 5) is 2.30. The zero-order chi connectivity index (χ0) is 13.4. The van der Waals surface area contributed by atoms with Gasteiger partial charge in [-0.3, -0.25) is 4.90 Å². The Morgan fingerprint density at radius 3 is 2.39 bits per heavy atom. The van der Waals surface area contributed by atoms with Crippen molar-refractivity contribution < 1.29 is 9.84 Å². The van der Waals surface area contributed by atoms with Gasteiger partial charge in [-0.15, -0.1) is 0 Å². The highest BCUT2D eigenvalue weighted by Crippen LogP contribution is 2.14. The van der Waals surface area contributed by atoms with E-state index in [1.54, 1.807) is 7.11 Å². The highest BCUT2D eigenvalue weighted by Gasteiger charge is 2.20. The van der Waals surface area contributed by atoms with Crippen LogP contribution in [0.4, 0.5) is 0 Å². The van der Waals surface area contributed by atoms with E-state index in [0.717, 1.165) is 13.1 Å². The van der Waals surface area contributed by atoms with Crippen LogP contribution in [0, 0.1) is 5.92 Å². The van der Waals surface area contributed by atoms with Gasteiger partial charge in [-0.25, -0.2) is 0 Å². The minimum Gasteiger partial charge on any atom is -0.395 e. The van der Waals surface area contributed by atoms with Gasteiger partial charge in [0.05, 0.1) is 13.2 Å². The van der Waals surface area contributed by atoms with Crippen molar-refractivity contribution in [3.8, 4) is 0 Å². The topological polar surface area (TPSA) is 32.7 Å². The molecule has 1 atom stereocenters. The predicted octanol–water partition coefficient (Wildman–Crippen LogP) is 2.15. The third-order valence-corrected chi connectivity index (χ3v) is 3.24. The van der Waals surface area contributed by atoms with Gasteiger partial charge in [-0.05, 0) is 11.5 Å². The summed E-state index contributed by atoms with van der Waals surface area (Å²) in [5, 5.41) is 9.56. The predicted molar refractivity (Wildman–Crippen MR) is 74.4 cm³/mol. The molecule has 0 radical (unpaired) electrons. The Bertz CT molecular complexity index is 314. The van der Waals surface area contributed by atoms with E-state index in [4.69, 9.17) is 4.74 Å². The molecule has 0 aliphatic carbocycles. The normalized spacial score (nSPS) is 13.2. The van der Waals surface area contributed by atoms with E-state index in [1.165, 1.54) is 5.56 Å². The average molecular weight is 251 g/mol. The Kier molecular flexibility index (Phi) is 6.94. The average Bonchev–Trinajstić information content (AvgIpc) is 2.37. The summed E-state index contributed by atoms with van der Waals surface area (Å²) in [7, 11) is 1.71. The molecule has 0 heterocycles. The molecule has 3 heteroatoms. The molecule has 0 saturated heterocycles. The summed E-state index contributed by atoms with van der Waals surface area (Å²) in [6, 6.07) is 10.5. The molecule has 0 aliphatic rings.